The van der Waals surface area contributed by atoms with Gasteiger partial charge in [0.1, 0.15) is 5.82 Å². The molecule has 92 valence electrons. The Labute approximate surface area is 105 Å². The first-order chi connectivity index (χ1) is 8.70. The Kier molecular flexibility index (Phi) is 2.41. The number of aromatic nitrogens is 4. The molecule has 2 N–H and O–H groups in total. The van der Waals surface area contributed by atoms with Gasteiger partial charge in [-0.3, -0.25) is 4.68 Å². The van der Waals surface area contributed by atoms with Crippen LogP contribution in [-0.4, -0.2) is 19.3 Å². The number of nitrogens with two attached hydrogens (primary N) is 1. The fraction of sp³-hybridized carbons (Fsp3) is 0.231. The maximum absolute atomic E-state index is 5.75. The van der Waals surface area contributed by atoms with Crippen LogP contribution < -0.4 is 5.73 Å². The highest BCUT2D eigenvalue weighted by Crippen LogP contribution is 2.25. The number of hydrogen-bond donors (Lipinski definition) is 1. The van der Waals surface area contributed by atoms with Crippen LogP contribution in [0.5, 0.6) is 0 Å². The van der Waals surface area contributed by atoms with Crippen LogP contribution in [-0.2, 0) is 20.6 Å². The van der Waals surface area contributed by atoms with Gasteiger partial charge in [0.25, 0.3) is 0 Å². The van der Waals surface area contributed by atoms with Crippen molar-refractivity contribution >= 4 is 11.0 Å². The molecule has 0 unspecified atom stereocenters. The van der Waals surface area contributed by atoms with E-state index in [1.165, 1.54) is 0 Å². The van der Waals surface area contributed by atoms with Gasteiger partial charge in [0.15, 0.2) is 0 Å². The van der Waals surface area contributed by atoms with E-state index in [0.717, 1.165) is 28.0 Å². The second-order valence-corrected chi connectivity index (χ2v) is 4.39. The molecule has 0 fully saturated rings. The number of aryl methyl sites for hydroxylation is 2. The fourth-order valence-corrected chi connectivity index (χ4v) is 2.23. The van der Waals surface area contributed by atoms with Crippen molar-refractivity contribution in [2.75, 3.05) is 0 Å². The maximum atomic E-state index is 5.75. The van der Waals surface area contributed by atoms with Gasteiger partial charge in [0.2, 0.25) is 0 Å². The lowest BCUT2D eigenvalue weighted by Crippen LogP contribution is -1.97. The monoisotopic (exact) mass is 241 g/mol. The third kappa shape index (κ3) is 1.52. The standard InChI is InChI=1S/C13H15N5/c1-17-8-10(7-15-17)13-16-12-9(6-14)4-3-5-11(12)18(13)2/h3-5,7-8H,6,14H2,1-2H3. The van der Waals surface area contributed by atoms with E-state index in [1.807, 2.05) is 38.6 Å². The predicted octanol–water partition coefficient (Wildman–Crippen LogP) is 1.43. The maximum Gasteiger partial charge on any atom is 0.144 e. The van der Waals surface area contributed by atoms with Crippen LogP contribution in [0.1, 0.15) is 5.56 Å². The molecule has 2 aromatic heterocycles. The van der Waals surface area contributed by atoms with Gasteiger partial charge in [-0.05, 0) is 11.6 Å². The summed E-state index contributed by atoms with van der Waals surface area (Å²) in [4.78, 5) is 4.70. The second-order valence-electron chi connectivity index (χ2n) is 4.39. The summed E-state index contributed by atoms with van der Waals surface area (Å²) in [5.41, 5.74) is 9.90. The first-order valence-corrected chi connectivity index (χ1v) is 5.84. The van der Waals surface area contributed by atoms with Crippen LogP contribution in [0.2, 0.25) is 0 Å². The predicted molar refractivity (Wildman–Crippen MR) is 70.8 cm³/mol. The summed E-state index contributed by atoms with van der Waals surface area (Å²) in [7, 11) is 3.91. The highest BCUT2D eigenvalue weighted by Gasteiger charge is 2.12. The molecule has 18 heavy (non-hydrogen) atoms. The highest BCUT2D eigenvalue weighted by atomic mass is 15.2. The van der Waals surface area contributed by atoms with Gasteiger partial charge in [-0.1, -0.05) is 12.1 Å². The molecule has 5 heteroatoms. The zero-order valence-corrected chi connectivity index (χ0v) is 10.5. The lowest BCUT2D eigenvalue weighted by Gasteiger charge is -1.99. The van der Waals surface area contributed by atoms with Crippen LogP contribution in [0, 0.1) is 0 Å². The van der Waals surface area contributed by atoms with Gasteiger partial charge in [0.05, 0.1) is 22.8 Å². The Morgan fingerprint density at radius 1 is 1.28 bits per heavy atom. The largest absolute Gasteiger partial charge is 0.327 e. The number of nitrogens with zero attached hydrogens (tertiary/aromatic N) is 4. The minimum absolute atomic E-state index is 0.501. The molecule has 0 aliphatic carbocycles. The van der Waals surface area contributed by atoms with Gasteiger partial charge >= 0.3 is 0 Å². The van der Waals surface area contributed by atoms with Crippen LogP contribution in [0.3, 0.4) is 0 Å². The summed E-state index contributed by atoms with van der Waals surface area (Å²) in [5, 5.41) is 4.19. The molecular weight excluding hydrogens is 226 g/mol. The third-order valence-corrected chi connectivity index (χ3v) is 3.18. The van der Waals surface area contributed by atoms with E-state index >= 15 is 0 Å². The van der Waals surface area contributed by atoms with Crippen LogP contribution in [0.4, 0.5) is 0 Å². The molecule has 3 rings (SSSR count). The summed E-state index contributed by atoms with van der Waals surface area (Å²) in [5.74, 6) is 0.916. The Bertz CT molecular complexity index is 707. The number of para-hydroxylation sites is 1. The zero-order chi connectivity index (χ0) is 12.7. The van der Waals surface area contributed by atoms with Crippen LogP contribution >= 0.6 is 0 Å². The SMILES string of the molecule is Cn1cc(-c2nc3c(CN)cccc3n2C)cn1. The molecule has 0 bridgehead atoms. The van der Waals surface area contributed by atoms with Crippen molar-refractivity contribution in [3.8, 4) is 11.4 Å². The van der Waals surface area contributed by atoms with E-state index in [-0.39, 0.29) is 0 Å². The molecule has 0 aliphatic heterocycles. The quantitative estimate of drug-likeness (QED) is 0.738. The zero-order valence-electron chi connectivity index (χ0n) is 10.5. The molecule has 0 saturated carbocycles. The van der Waals surface area contributed by atoms with Crippen molar-refractivity contribution in [2.45, 2.75) is 6.54 Å². The highest BCUT2D eigenvalue weighted by molar-refractivity contribution is 5.83. The van der Waals surface area contributed by atoms with Gasteiger partial charge < -0.3 is 10.3 Å². The molecule has 1 aromatic carbocycles. The van der Waals surface area contributed by atoms with Crippen molar-refractivity contribution in [1.29, 1.82) is 0 Å². The molecule has 0 atom stereocenters. The number of rotatable bonds is 2. The molecular formula is C13H15N5. The van der Waals surface area contributed by atoms with Gasteiger partial charge in [-0.2, -0.15) is 5.10 Å². The smallest absolute Gasteiger partial charge is 0.144 e. The third-order valence-electron chi connectivity index (χ3n) is 3.18. The van der Waals surface area contributed by atoms with E-state index in [1.54, 1.807) is 4.68 Å². The summed E-state index contributed by atoms with van der Waals surface area (Å²) in [6, 6.07) is 6.09. The van der Waals surface area contributed by atoms with Crippen molar-refractivity contribution in [3.63, 3.8) is 0 Å². The Morgan fingerprint density at radius 2 is 2.11 bits per heavy atom. The summed E-state index contributed by atoms with van der Waals surface area (Å²) < 4.78 is 3.85. The van der Waals surface area contributed by atoms with Gasteiger partial charge in [0, 0.05) is 26.8 Å². The van der Waals surface area contributed by atoms with Gasteiger partial charge in [-0.25, -0.2) is 4.98 Å². The Balaban J connectivity index is 2.28. The van der Waals surface area contributed by atoms with Crippen LogP contribution in [0.25, 0.3) is 22.4 Å². The van der Waals surface area contributed by atoms with E-state index < -0.39 is 0 Å². The summed E-state index contributed by atoms with van der Waals surface area (Å²) in [6.45, 7) is 0.501. The average molecular weight is 241 g/mol. The van der Waals surface area contributed by atoms with Crippen LogP contribution in [0.15, 0.2) is 30.6 Å². The molecule has 2 heterocycles. The summed E-state index contributed by atoms with van der Waals surface area (Å²) in [6.07, 6.45) is 3.78. The second kappa shape index (κ2) is 3.96. The molecule has 0 spiro atoms. The molecule has 0 aliphatic rings. The van der Waals surface area contributed by atoms with Crippen molar-refractivity contribution in [3.05, 3.63) is 36.2 Å². The number of benzene rings is 1. The minimum atomic E-state index is 0.501. The number of fused-ring (bicyclic) bond motifs is 1. The molecule has 0 saturated heterocycles. The first kappa shape index (κ1) is 11.0. The van der Waals surface area contributed by atoms with Crippen molar-refractivity contribution < 1.29 is 0 Å². The van der Waals surface area contributed by atoms with Crippen molar-refractivity contribution in [1.82, 2.24) is 19.3 Å². The minimum Gasteiger partial charge on any atom is -0.327 e. The molecule has 0 radical (unpaired) electrons. The number of imidazole rings is 1. The van der Waals surface area contributed by atoms with E-state index in [4.69, 9.17) is 10.7 Å². The van der Waals surface area contributed by atoms with E-state index in [2.05, 4.69) is 15.7 Å². The first-order valence-electron chi connectivity index (χ1n) is 5.84. The molecule has 0 amide bonds. The fourth-order valence-electron chi connectivity index (χ4n) is 2.23. The Hall–Kier alpha value is -2.14. The lowest BCUT2D eigenvalue weighted by molar-refractivity contribution is 0.768. The number of hydrogen-bond acceptors (Lipinski definition) is 3. The molecule has 5 nitrogen and oxygen atoms in total. The topological polar surface area (TPSA) is 61.7 Å². The normalized spacial score (nSPS) is 11.3. The summed E-state index contributed by atoms with van der Waals surface area (Å²) >= 11 is 0. The Morgan fingerprint density at radius 3 is 2.78 bits per heavy atom. The lowest BCUT2D eigenvalue weighted by atomic mass is 10.2. The molecule has 3 aromatic rings. The van der Waals surface area contributed by atoms with E-state index in [9.17, 15) is 0 Å². The van der Waals surface area contributed by atoms with Gasteiger partial charge in [-0.15, -0.1) is 0 Å². The average Bonchev–Trinajstić information content (AvgIpc) is 2.94. The van der Waals surface area contributed by atoms with Crippen molar-refractivity contribution in [2.24, 2.45) is 19.8 Å². The van der Waals surface area contributed by atoms with E-state index in [0.29, 0.717) is 6.54 Å².